The van der Waals surface area contributed by atoms with Gasteiger partial charge in [0.15, 0.2) is 0 Å². The number of rotatable bonds is 4. The third kappa shape index (κ3) is 4.22. The fourth-order valence-corrected chi connectivity index (χ4v) is 1.82. The molecule has 1 heterocycles. The predicted molar refractivity (Wildman–Crippen MR) is 77.3 cm³/mol. The molecule has 0 bridgehead atoms. The van der Waals surface area contributed by atoms with Gasteiger partial charge >= 0.3 is 12.2 Å². The smallest absolute Gasteiger partial charge is 0.395 e. The largest absolute Gasteiger partial charge is 0.416 e. The van der Waals surface area contributed by atoms with Crippen LogP contribution in [0, 0.1) is 0 Å². The summed E-state index contributed by atoms with van der Waals surface area (Å²) in [4.78, 5) is 13.0. The number of aliphatic hydroxyl groups excluding tert-OH is 1. The molecule has 124 valence electrons. The van der Waals surface area contributed by atoms with Crippen molar-refractivity contribution in [2.75, 3.05) is 25.5 Å². The molecular formula is C14H15F3N4O2. The Balaban J connectivity index is 2.15. The molecule has 0 unspecified atom stereocenters. The lowest BCUT2D eigenvalue weighted by molar-refractivity contribution is -0.137. The van der Waals surface area contributed by atoms with Gasteiger partial charge in [0.1, 0.15) is 0 Å². The number of aliphatic hydroxyl groups is 1. The van der Waals surface area contributed by atoms with E-state index in [9.17, 15) is 18.0 Å². The van der Waals surface area contributed by atoms with E-state index in [1.165, 1.54) is 41.2 Å². The van der Waals surface area contributed by atoms with Gasteiger partial charge in [0, 0.05) is 13.6 Å². The summed E-state index contributed by atoms with van der Waals surface area (Å²) in [5, 5.41) is 15.2. The fourth-order valence-electron chi connectivity index (χ4n) is 1.82. The zero-order valence-electron chi connectivity index (χ0n) is 12.2. The van der Waals surface area contributed by atoms with Gasteiger partial charge in [-0.2, -0.15) is 18.3 Å². The highest BCUT2D eigenvalue weighted by atomic mass is 19.4. The van der Waals surface area contributed by atoms with Crippen molar-refractivity contribution in [3.63, 3.8) is 0 Å². The van der Waals surface area contributed by atoms with Gasteiger partial charge < -0.3 is 15.3 Å². The van der Waals surface area contributed by atoms with E-state index in [-0.39, 0.29) is 18.8 Å². The van der Waals surface area contributed by atoms with Gasteiger partial charge in [0.2, 0.25) is 0 Å². The zero-order chi connectivity index (χ0) is 17.0. The van der Waals surface area contributed by atoms with Gasteiger partial charge in [-0.15, -0.1) is 0 Å². The van der Waals surface area contributed by atoms with Crippen LogP contribution in [0.1, 0.15) is 5.56 Å². The number of likely N-dealkylation sites (N-methyl/N-ethyl adjacent to an activating group) is 1. The molecule has 1 aromatic carbocycles. The van der Waals surface area contributed by atoms with E-state index in [2.05, 4.69) is 10.4 Å². The molecule has 0 aliphatic rings. The molecule has 0 radical (unpaired) electrons. The Labute approximate surface area is 130 Å². The molecule has 9 heteroatoms. The summed E-state index contributed by atoms with van der Waals surface area (Å²) >= 11 is 0. The fraction of sp³-hybridized carbons (Fsp3) is 0.286. The highest BCUT2D eigenvalue weighted by Crippen LogP contribution is 2.30. The highest BCUT2D eigenvalue weighted by Gasteiger charge is 2.30. The van der Waals surface area contributed by atoms with E-state index >= 15 is 0 Å². The van der Waals surface area contributed by atoms with Gasteiger partial charge in [0.05, 0.1) is 35.9 Å². The number of amides is 2. The molecule has 2 rings (SSSR count). The van der Waals surface area contributed by atoms with Crippen molar-refractivity contribution in [1.29, 1.82) is 0 Å². The van der Waals surface area contributed by atoms with Crippen molar-refractivity contribution in [1.82, 2.24) is 14.7 Å². The van der Waals surface area contributed by atoms with E-state index in [0.29, 0.717) is 5.69 Å². The Morgan fingerprint density at radius 1 is 1.43 bits per heavy atom. The lowest BCUT2D eigenvalue weighted by Gasteiger charge is -2.15. The standard InChI is InChI=1S/C14H15F3N4O2/c1-20(5-6-22)13(23)19-11-8-18-21(9-11)12-4-2-3-10(7-12)14(15,16)17/h2-4,7-9,22H,5-6H2,1H3,(H,19,23). The second-order valence-electron chi connectivity index (χ2n) is 4.80. The lowest BCUT2D eigenvalue weighted by Crippen LogP contribution is -2.33. The van der Waals surface area contributed by atoms with Crippen LogP contribution in [0.5, 0.6) is 0 Å². The van der Waals surface area contributed by atoms with Gasteiger partial charge in [-0.05, 0) is 18.2 Å². The molecular weight excluding hydrogens is 313 g/mol. The minimum atomic E-state index is -4.44. The summed E-state index contributed by atoms with van der Waals surface area (Å²) in [6.07, 6.45) is -1.71. The number of aromatic nitrogens is 2. The van der Waals surface area contributed by atoms with E-state index in [1.54, 1.807) is 0 Å². The zero-order valence-corrected chi connectivity index (χ0v) is 12.2. The van der Waals surface area contributed by atoms with E-state index < -0.39 is 17.8 Å². The molecule has 0 saturated heterocycles. The van der Waals surface area contributed by atoms with Crippen molar-refractivity contribution >= 4 is 11.7 Å². The summed E-state index contributed by atoms with van der Waals surface area (Å²) < 4.78 is 39.4. The number of nitrogens with one attached hydrogen (secondary N) is 1. The van der Waals surface area contributed by atoms with Crippen LogP contribution >= 0.6 is 0 Å². The predicted octanol–water partition coefficient (Wildman–Crippen LogP) is 2.35. The first kappa shape index (κ1) is 16.8. The maximum atomic E-state index is 12.7. The SMILES string of the molecule is CN(CCO)C(=O)Nc1cnn(-c2cccc(C(F)(F)F)c2)c1. The number of carbonyl (C=O) groups excluding carboxylic acids is 1. The molecule has 0 fully saturated rings. The van der Waals surface area contributed by atoms with E-state index in [1.807, 2.05) is 0 Å². The molecule has 0 aliphatic carbocycles. The number of alkyl halides is 3. The first-order valence-electron chi connectivity index (χ1n) is 6.66. The van der Waals surface area contributed by atoms with Gasteiger partial charge in [-0.1, -0.05) is 6.07 Å². The Hall–Kier alpha value is -2.55. The van der Waals surface area contributed by atoms with E-state index in [4.69, 9.17) is 5.11 Å². The van der Waals surface area contributed by atoms with Crippen molar-refractivity contribution in [2.45, 2.75) is 6.18 Å². The minimum absolute atomic E-state index is 0.160. The summed E-state index contributed by atoms with van der Waals surface area (Å²) in [7, 11) is 1.50. The molecule has 0 spiro atoms. The molecule has 2 amide bonds. The van der Waals surface area contributed by atoms with Crippen LogP contribution in [0.15, 0.2) is 36.7 Å². The maximum Gasteiger partial charge on any atom is 0.416 e. The number of urea groups is 1. The molecule has 0 saturated carbocycles. The van der Waals surface area contributed by atoms with Gasteiger partial charge in [-0.25, -0.2) is 9.48 Å². The first-order chi connectivity index (χ1) is 10.8. The first-order valence-corrected chi connectivity index (χ1v) is 6.66. The number of benzene rings is 1. The second kappa shape index (κ2) is 6.69. The van der Waals surface area contributed by atoms with Crippen LogP contribution in [0.3, 0.4) is 0 Å². The van der Waals surface area contributed by atoms with Crippen molar-refractivity contribution in [3.05, 3.63) is 42.2 Å². The van der Waals surface area contributed by atoms with Crippen LogP contribution < -0.4 is 5.32 Å². The lowest BCUT2D eigenvalue weighted by atomic mass is 10.2. The topological polar surface area (TPSA) is 70.4 Å². The molecule has 0 atom stereocenters. The third-order valence-electron chi connectivity index (χ3n) is 3.05. The Bertz CT molecular complexity index is 685. The van der Waals surface area contributed by atoms with Crippen molar-refractivity contribution < 1.29 is 23.1 Å². The molecule has 2 N–H and O–H groups in total. The molecule has 0 aliphatic heterocycles. The number of nitrogens with zero attached hydrogens (tertiary/aromatic N) is 3. The Kier molecular flexibility index (Phi) is 4.89. The van der Waals surface area contributed by atoms with Crippen LogP contribution in [-0.2, 0) is 6.18 Å². The number of anilines is 1. The number of hydrogen-bond donors (Lipinski definition) is 2. The molecule has 6 nitrogen and oxygen atoms in total. The maximum absolute atomic E-state index is 12.7. The molecule has 1 aromatic heterocycles. The summed E-state index contributed by atoms with van der Waals surface area (Å²) in [5.74, 6) is 0. The van der Waals surface area contributed by atoms with Crippen LogP contribution in [-0.4, -0.2) is 46.0 Å². The van der Waals surface area contributed by atoms with E-state index in [0.717, 1.165) is 12.1 Å². The van der Waals surface area contributed by atoms with Gasteiger partial charge in [-0.3, -0.25) is 0 Å². The number of hydrogen-bond acceptors (Lipinski definition) is 3. The number of carbonyl (C=O) groups is 1. The quantitative estimate of drug-likeness (QED) is 0.905. The summed E-state index contributed by atoms with van der Waals surface area (Å²) in [6.45, 7) is -0.0129. The number of halogens is 3. The molecule has 23 heavy (non-hydrogen) atoms. The highest BCUT2D eigenvalue weighted by molar-refractivity contribution is 5.88. The average Bonchev–Trinajstić information content (AvgIpc) is 2.95. The summed E-state index contributed by atoms with van der Waals surface area (Å²) in [5.41, 5.74) is -0.222. The second-order valence-corrected chi connectivity index (χ2v) is 4.80. The monoisotopic (exact) mass is 328 g/mol. The van der Waals surface area contributed by atoms with Crippen molar-refractivity contribution in [3.8, 4) is 5.69 Å². The Morgan fingerprint density at radius 3 is 2.83 bits per heavy atom. The van der Waals surface area contributed by atoms with Crippen LogP contribution in [0.2, 0.25) is 0 Å². The average molecular weight is 328 g/mol. The van der Waals surface area contributed by atoms with Crippen LogP contribution in [0.25, 0.3) is 5.69 Å². The summed E-state index contributed by atoms with van der Waals surface area (Å²) in [6, 6.07) is 4.25. The third-order valence-corrected chi connectivity index (χ3v) is 3.05. The minimum Gasteiger partial charge on any atom is -0.395 e. The Morgan fingerprint density at radius 2 is 2.17 bits per heavy atom. The van der Waals surface area contributed by atoms with Crippen molar-refractivity contribution in [2.24, 2.45) is 0 Å². The van der Waals surface area contributed by atoms with Crippen LogP contribution in [0.4, 0.5) is 23.7 Å². The van der Waals surface area contributed by atoms with Gasteiger partial charge in [0.25, 0.3) is 0 Å². The normalized spacial score (nSPS) is 11.3. The molecule has 2 aromatic rings.